The summed E-state index contributed by atoms with van der Waals surface area (Å²) in [4.78, 5) is 19.8. The SMILES string of the molecule is NNc1cc(C(=O)NCCCc2ncn[nH]2)ccn1. The fraction of sp³-hybridized carbons (Fsp3) is 0.273. The Hall–Kier alpha value is -2.48. The van der Waals surface area contributed by atoms with Gasteiger partial charge in [-0.05, 0) is 18.6 Å². The number of anilines is 1. The summed E-state index contributed by atoms with van der Waals surface area (Å²) in [5, 5.41) is 9.34. The van der Waals surface area contributed by atoms with E-state index in [1.807, 2.05) is 0 Å². The number of amides is 1. The third kappa shape index (κ3) is 3.75. The number of aryl methyl sites for hydroxylation is 1. The first-order valence-electron chi connectivity index (χ1n) is 5.84. The van der Waals surface area contributed by atoms with Gasteiger partial charge < -0.3 is 10.7 Å². The van der Waals surface area contributed by atoms with E-state index in [-0.39, 0.29) is 5.91 Å². The van der Waals surface area contributed by atoms with Crippen LogP contribution in [0.5, 0.6) is 0 Å². The largest absolute Gasteiger partial charge is 0.352 e. The molecule has 0 aromatic carbocycles. The molecule has 0 saturated carbocycles. The van der Waals surface area contributed by atoms with Gasteiger partial charge in [-0.1, -0.05) is 0 Å². The number of nitrogens with two attached hydrogens (primary N) is 1. The fourth-order valence-electron chi connectivity index (χ4n) is 1.56. The first kappa shape index (κ1) is 13.0. The van der Waals surface area contributed by atoms with Crippen LogP contribution in [0.15, 0.2) is 24.7 Å². The highest BCUT2D eigenvalue weighted by Gasteiger charge is 2.06. The van der Waals surface area contributed by atoms with E-state index in [0.717, 1.165) is 18.7 Å². The Labute approximate surface area is 109 Å². The van der Waals surface area contributed by atoms with Gasteiger partial charge in [-0.25, -0.2) is 15.8 Å². The molecule has 0 unspecified atom stereocenters. The average molecular weight is 261 g/mol. The second kappa shape index (κ2) is 6.45. The zero-order chi connectivity index (χ0) is 13.5. The maximum absolute atomic E-state index is 11.8. The smallest absolute Gasteiger partial charge is 0.251 e. The molecular weight excluding hydrogens is 246 g/mol. The molecule has 2 aromatic heterocycles. The van der Waals surface area contributed by atoms with Crippen molar-refractivity contribution in [2.75, 3.05) is 12.0 Å². The van der Waals surface area contributed by atoms with E-state index < -0.39 is 0 Å². The highest BCUT2D eigenvalue weighted by atomic mass is 16.1. The maximum Gasteiger partial charge on any atom is 0.251 e. The number of H-pyrrole nitrogens is 1. The van der Waals surface area contributed by atoms with Crippen LogP contribution < -0.4 is 16.6 Å². The Kier molecular flexibility index (Phi) is 4.40. The molecule has 0 aliphatic heterocycles. The van der Waals surface area contributed by atoms with Crippen molar-refractivity contribution in [1.29, 1.82) is 0 Å². The molecule has 0 spiro atoms. The average Bonchev–Trinajstić information content (AvgIpc) is 2.96. The lowest BCUT2D eigenvalue weighted by molar-refractivity contribution is 0.0953. The summed E-state index contributed by atoms with van der Waals surface area (Å²) in [6, 6.07) is 3.22. The number of hydrogen-bond donors (Lipinski definition) is 4. The topological polar surface area (TPSA) is 122 Å². The van der Waals surface area contributed by atoms with E-state index in [0.29, 0.717) is 17.9 Å². The molecule has 0 aliphatic rings. The molecule has 2 rings (SSSR count). The summed E-state index contributed by atoms with van der Waals surface area (Å²) in [5.41, 5.74) is 2.91. The summed E-state index contributed by atoms with van der Waals surface area (Å²) in [5.74, 6) is 6.34. The zero-order valence-electron chi connectivity index (χ0n) is 10.3. The molecule has 0 bridgehead atoms. The highest BCUT2D eigenvalue weighted by Crippen LogP contribution is 2.05. The van der Waals surface area contributed by atoms with Crippen LogP contribution in [0.25, 0.3) is 0 Å². The van der Waals surface area contributed by atoms with Crippen molar-refractivity contribution < 1.29 is 4.79 Å². The van der Waals surface area contributed by atoms with Crippen molar-refractivity contribution in [3.63, 3.8) is 0 Å². The van der Waals surface area contributed by atoms with Crippen LogP contribution in [0.3, 0.4) is 0 Å². The van der Waals surface area contributed by atoms with Gasteiger partial charge in [0.1, 0.15) is 18.0 Å². The molecule has 100 valence electrons. The maximum atomic E-state index is 11.8. The summed E-state index contributed by atoms with van der Waals surface area (Å²) < 4.78 is 0. The molecule has 8 heteroatoms. The van der Waals surface area contributed by atoms with Gasteiger partial charge in [-0.3, -0.25) is 9.89 Å². The van der Waals surface area contributed by atoms with Gasteiger partial charge in [0, 0.05) is 24.7 Å². The van der Waals surface area contributed by atoms with Gasteiger partial charge in [0.2, 0.25) is 0 Å². The molecule has 2 heterocycles. The molecule has 19 heavy (non-hydrogen) atoms. The Morgan fingerprint density at radius 3 is 3.05 bits per heavy atom. The second-order valence-corrected chi connectivity index (χ2v) is 3.87. The van der Waals surface area contributed by atoms with Crippen LogP contribution in [0, 0.1) is 0 Å². The molecule has 0 fully saturated rings. The summed E-state index contributed by atoms with van der Waals surface area (Å²) >= 11 is 0. The molecule has 8 nitrogen and oxygen atoms in total. The van der Waals surface area contributed by atoms with Crippen LogP contribution >= 0.6 is 0 Å². The Bertz CT molecular complexity index is 526. The monoisotopic (exact) mass is 261 g/mol. The summed E-state index contributed by atoms with van der Waals surface area (Å²) in [6.45, 7) is 0.563. The minimum atomic E-state index is -0.156. The number of hydrazine groups is 1. The van der Waals surface area contributed by atoms with E-state index in [2.05, 4.69) is 30.9 Å². The van der Waals surface area contributed by atoms with Crippen LogP contribution in [-0.4, -0.2) is 32.6 Å². The van der Waals surface area contributed by atoms with Gasteiger partial charge >= 0.3 is 0 Å². The minimum absolute atomic E-state index is 0.156. The van der Waals surface area contributed by atoms with Crippen molar-refractivity contribution in [3.8, 4) is 0 Å². The third-order valence-corrected chi connectivity index (χ3v) is 2.51. The van der Waals surface area contributed by atoms with Gasteiger partial charge in [0.05, 0.1) is 0 Å². The lowest BCUT2D eigenvalue weighted by atomic mass is 10.2. The number of carbonyl (C=O) groups is 1. The van der Waals surface area contributed by atoms with E-state index >= 15 is 0 Å². The Morgan fingerprint density at radius 2 is 2.32 bits per heavy atom. The van der Waals surface area contributed by atoms with Crippen molar-refractivity contribution in [2.24, 2.45) is 5.84 Å². The second-order valence-electron chi connectivity index (χ2n) is 3.87. The van der Waals surface area contributed by atoms with Crippen molar-refractivity contribution in [3.05, 3.63) is 36.0 Å². The molecule has 0 saturated heterocycles. The van der Waals surface area contributed by atoms with Crippen molar-refractivity contribution >= 4 is 11.7 Å². The normalized spacial score (nSPS) is 10.2. The first-order chi connectivity index (χ1) is 9.29. The van der Waals surface area contributed by atoms with E-state index in [1.54, 1.807) is 12.1 Å². The number of nitrogens with zero attached hydrogens (tertiary/aromatic N) is 3. The molecule has 0 atom stereocenters. The van der Waals surface area contributed by atoms with Gasteiger partial charge in [0.15, 0.2) is 0 Å². The molecule has 0 aliphatic carbocycles. The number of aromatic amines is 1. The molecule has 2 aromatic rings. The fourth-order valence-corrected chi connectivity index (χ4v) is 1.56. The zero-order valence-corrected chi connectivity index (χ0v) is 10.3. The highest BCUT2D eigenvalue weighted by molar-refractivity contribution is 5.94. The standard InChI is InChI=1S/C11H15N7O/c12-17-10-6-8(3-5-13-10)11(19)14-4-1-2-9-15-7-16-18-9/h3,5-7H,1-2,4,12H2,(H,13,17)(H,14,19)(H,15,16,18). The number of nitrogens with one attached hydrogen (secondary N) is 3. The van der Waals surface area contributed by atoms with Gasteiger partial charge in [-0.15, -0.1) is 0 Å². The summed E-state index contributed by atoms with van der Waals surface area (Å²) in [7, 11) is 0. The van der Waals surface area contributed by atoms with Crippen LogP contribution in [-0.2, 0) is 6.42 Å². The van der Waals surface area contributed by atoms with Gasteiger partial charge in [0.25, 0.3) is 5.91 Å². The molecular formula is C11H15N7O. The van der Waals surface area contributed by atoms with Crippen LogP contribution in [0.2, 0.25) is 0 Å². The van der Waals surface area contributed by atoms with E-state index in [4.69, 9.17) is 5.84 Å². The first-order valence-corrected chi connectivity index (χ1v) is 5.84. The molecule has 0 radical (unpaired) electrons. The van der Waals surface area contributed by atoms with Crippen LogP contribution in [0.4, 0.5) is 5.82 Å². The summed E-state index contributed by atoms with van der Waals surface area (Å²) in [6.07, 6.45) is 4.52. The Balaban J connectivity index is 1.77. The number of aromatic nitrogens is 4. The van der Waals surface area contributed by atoms with Crippen molar-refractivity contribution in [1.82, 2.24) is 25.5 Å². The predicted molar refractivity (Wildman–Crippen MR) is 69.1 cm³/mol. The van der Waals surface area contributed by atoms with E-state index in [9.17, 15) is 4.79 Å². The molecule has 1 amide bonds. The lowest BCUT2D eigenvalue weighted by Crippen LogP contribution is -2.25. The quantitative estimate of drug-likeness (QED) is 0.326. The van der Waals surface area contributed by atoms with Gasteiger partial charge in [-0.2, -0.15) is 5.10 Å². The predicted octanol–water partition coefficient (Wildman–Crippen LogP) is -0.152. The number of hydrogen-bond acceptors (Lipinski definition) is 6. The number of carbonyl (C=O) groups excluding carboxylic acids is 1. The van der Waals surface area contributed by atoms with Crippen LogP contribution in [0.1, 0.15) is 22.6 Å². The lowest BCUT2D eigenvalue weighted by Gasteiger charge is -2.05. The molecule has 5 N–H and O–H groups in total. The minimum Gasteiger partial charge on any atom is -0.352 e. The van der Waals surface area contributed by atoms with E-state index in [1.165, 1.54) is 12.5 Å². The van der Waals surface area contributed by atoms with Crippen molar-refractivity contribution in [2.45, 2.75) is 12.8 Å². The number of nitrogen functional groups attached to an aromatic ring is 1. The number of pyridine rings is 1. The third-order valence-electron chi connectivity index (χ3n) is 2.51. The number of rotatable bonds is 6. The Morgan fingerprint density at radius 1 is 1.42 bits per heavy atom.